The summed E-state index contributed by atoms with van der Waals surface area (Å²) in [5.41, 5.74) is -0.502. The molecule has 0 bridgehead atoms. The predicted octanol–water partition coefficient (Wildman–Crippen LogP) is 0.934. The van der Waals surface area contributed by atoms with Gasteiger partial charge in [0.15, 0.2) is 0 Å². The third kappa shape index (κ3) is 3.76. The van der Waals surface area contributed by atoms with Gasteiger partial charge in [0.2, 0.25) is 11.8 Å². The molecule has 1 aliphatic heterocycles. The van der Waals surface area contributed by atoms with E-state index in [4.69, 9.17) is 11.2 Å². The topological polar surface area (TPSA) is 58.6 Å². The minimum absolute atomic E-state index is 0.0191. The Kier molecular flexibility index (Phi) is 5.24. The number of rotatable bonds is 5. The van der Waals surface area contributed by atoms with Gasteiger partial charge in [0.05, 0.1) is 12.5 Å². The normalized spacial score (nSPS) is 24.7. The fraction of sp³-hybridized carbons (Fsp3) is 0.750. The monoisotopic (exact) mass is 292 g/mol. The molecule has 116 valence electrons. The van der Waals surface area contributed by atoms with Gasteiger partial charge in [0.25, 0.3) is 0 Å². The highest BCUT2D eigenvalue weighted by molar-refractivity contribution is 5.89. The number of hydrogen-bond donors (Lipinski definition) is 1. The van der Waals surface area contributed by atoms with Crippen molar-refractivity contribution >= 4 is 11.8 Å². The third-order valence-corrected chi connectivity index (χ3v) is 4.50. The van der Waals surface area contributed by atoms with Gasteiger partial charge in [0.1, 0.15) is 5.54 Å². The van der Waals surface area contributed by atoms with Gasteiger partial charge in [-0.25, -0.2) is 0 Å². The summed E-state index contributed by atoms with van der Waals surface area (Å²) in [5.74, 6) is 2.43. The van der Waals surface area contributed by atoms with Crippen LogP contribution in [0.4, 0.5) is 0 Å². The van der Waals surface area contributed by atoms with E-state index in [2.05, 4.69) is 11.2 Å². The number of nitrogens with one attached hydrogen (secondary N) is 1. The fourth-order valence-corrected chi connectivity index (χ4v) is 3.16. The number of methoxy groups -OCH3 is 1. The second-order valence-corrected chi connectivity index (χ2v) is 6.01. The lowest BCUT2D eigenvalue weighted by Crippen LogP contribution is -2.51. The molecular weight excluding hydrogens is 268 g/mol. The maximum absolute atomic E-state index is 12.4. The van der Waals surface area contributed by atoms with Gasteiger partial charge in [-0.2, -0.15) is 0 Å². The number of carbonyl (C=O) groups excluding carboxylic acids is 2. The molecule has 2 fully saturated rings. The van der Waals surface area contributed by atoms with E-state index in [1.807, 2.05) is 0 Å². The Hall–Kier alpha value is -1.54. The molecule has 1 heterocycles. The highest BCUT2D eigenvalue weighted by Gasteiger charge is 2.38. The Morgan fingerprint density at radius 1 is 1.48 bits per heavy atom. The average Bonchev–Trinajstić information content (AvgIpc) is 2.87. The molecule has 0 unspecified atom stereocenters. The average molecular weight is 292 g/mol. The molecule has 0 aromatic carbocycles. The van der Waals surface area contributed by atoms with Gasteiger partial charge in [-0.3, -0.25) is 9.59 Å². The third-order valence-electron chi connectivity index (χ3n) is 4.50. The molecule has 5 heteroatoms. The molecule has 1 N–H and O–H groups in total. The first-order valence-corrected chi connectivity index (χ1v) is 7.67. The van der Waals surface area contributed by atoms with Crippen molar-refractivity contribution in [2.45, 2.75) is 44.1 Å². The lowest BCUT2D eigenvalue weighted by Gasteiger charge is -2.34. The molecule has 0 radical (unpaired) electrons. The number of amides is 2. The highest BCUT2D eigenvalue weighted by Crippen LogP contribution is 2.28. The van der Waals surface area contributed by atoms with Gasteiger partial charge >= 0.3 is 0 Å². The van der Waals surface area contributed by atoms with E-state index < -0.39 is 5.54 Å². The van der Waals surface area contributed by atoms with Crippen molar-refractivity contribution in [3.63, 3.8) is 0 Å². The standard InChI is InChI=1S/C16H24N2O3/c1-3-16(7-5-4-6-8-16)17-15(20)13-11-14(19)18(12-13)9-10-21-2/h1,13H,4-12H2,2H3,(H,17,20)/t13-/m0/s1. The molecule has 21 heavy (non-hydrogen) atoms. The fourth-order valence-electron chi connectivity index (χ4n) is 3.16. The second kappa shape index (κ2) is 6.95. The lowest BCUT2D eigenvalue weighted by molar-refractivity contribution is -0.129. The van der Waals surface area contributed by atoms with Gasteiger partial charge in [0, 0.05) is 26.6 Å². The Bertz CT molecular complexity index is 435. The van der Waals surface area contributed by atoms with Crippen LogP contribution in [0.3, 0.4) is 0 Å². The zero-order valence-corrected chi connectivity index (χ0v) is 12.7. The number of terminal acetylenes is 1. The first-order chi connectivity index (χ1) is 10.1. The Morgan fingerprint density at radius 3 is 2.81 bits per heavy atom. The molecule has 0 aromatic heterocycles. The van der Waals surface area contributed by atoms with Crippen LogP contribution in [-0.2, 0) is 14.3 Å². The van der Waals surface area contributed by atoms with E-state index in [9.17, 15) is 9.59 Å². The molecule has 1 atom stereocenters. The summed E-state index contributed by atoms with van der Waals surface area (Å²) in [6.45, 7) is 1.50. The molecule has 5 nitrogen and oxygen atoms in total. The van der Waals surface area contributed by atoms with Crippen LogP contribution >= 0.6 is 0 Å². The molecule has 0 aromatic rings. The number of likely N-dealkylation sites (tertiary alicyclic amines) is 1. The van der Waals surface area contributed by atoms with Crippen LogP contribution in [-0.4, -0.2) is 49.1 Å². The molecular formula is C16H24N2O3. The van der Waals surface area contributed by atoms with Crippen molar-refractivity contribution in [1.82, 2.24) is 10.2 Å². The largest absolute Gasteiger partial charge is 0.383 e. The zero-order chi connectivity index (χ0) is 15.3. The maximum Gasteiger partial charge on any atom is 0.226 e. The Labute approximate surface area is 126 Å². The van der Waals surface area contributed by atoms with E-state index in [1.165, 1.54) is 6.42 Å². The summed E-state index contributed by atoms with van der Waals surface area (Å²) in [7, 11) is 1.60. The maximum atomic E-state index is 12.4. The van der Waals surface area contributed by atoms with Crippen LogP contribution in [0.1, 0.15) is 38.5 Å². The molecule has 1 saturated heterocycles. The van der Waals surface area contributed by atoms with Gasteiger partial charge in [-0.05, 0) is 12.8 Å². The summed E-state index contributed by atoms with van der Waals surface area (Å²) >= 11 is 0. The molecule has 0 spiro atoms. The van der Waals surface area contributed by atoms with Crippen molar-refractivity contribution in [2.75, 3.05) is 26.8 Å². The molecule has 1 saturated carbocycles. The van der Waals surface area contributed by atoms with Crippen molar-refractivity contribution in [3.8, 4) is 12.3 Å². The molecule has 1 aliphatic carbocycles. The summed E-state index contributed by atoms with van der Waals surface area (Å²) < 4.78 is 4.98. The first-order valence-electron chi connectivity index (χ1n) is 7.67. The van der Waals surface area contributed by atoms with Crippen molar-refractivity contribution in [2.24, 2.45) is 5.92 Å². The van der Waals surface area contributed by atoms with Crippen molar-refractivity contribution in [1.29, 1.82) is 0 Å². The van der Waals surface area contributed by atoms with Crippen LogP contribution in [0.25, 0.3) is 0 Å². The SMILES string of the molecule is C#CC1(NC(=O)[C@H]2CC(=O)N(CCOC)C2)CCCCC1. The highest BCUT2D eigenvalue weighted by atomic mass is 16.5. The molecule has 2 rings (SSSR count). The summed E-state index contributed by atoms with van der Waals surface area (Å²) in [4.78, 5) is 26.0. The zero-order valence-electron chi connectivity index (χ0n) is 12.7. The van der Waals surface area contributed by atoms with Crippen molar-refractivity contribution in [3.05, 3.63) is 0 Å². The van der Waals surface area contributed by atoms with Crippen molar-refractivity contribution < 1.29 is 14.3 Å². The van der Waals surface area contributed by atoms with Gasteiger partial charge in [-0.1, -0.05) is 25.2 Å². The Balaban J connectivity index is 1.92. The van der Waals surface area contributed by atoms with Gasteiger partial charge in [-0.15, -0.1) is 6.42 Å². The van der Waals surface area contributed by atoms with Crippen LogP contribution in [0.15, 0.2) is 0 Å². The van der Waals surface area contributed by atoms with Crippen LogP contribution in [0.5, 0.6) is 0 Å². The Morgan fingerprint density at radius 2 is 2.19 bits per heavy atom. The van der Waals surface area contributed by atoms with Crippen LogP contribution in [0.2, 0.25) is 0 Å². The summed E-state index contributed by atoms with van der Waals surface area (Å²) in [5, 5.41) is 3.04. The number of ether oxygens (including phenoxy) is 1. The number of carbonyl (C=O) groups is 2. The summed E-state index contributed by atoms with van der Waals surface area (Å²) in [6, 6.07) is 0. The van der Waals surface area contributed by atoms with E-state index in [0.29, 0.717) is 19.7 Å². The smallest absolute Gasteiger partial charge is 0.226 e. The lowest BCUT2D eigenvalue weighted by atomic mass is 9.82. The minimum atomic E-state index is -0.502. The molecule has 2 aliphatic rings. The summed E-state index contributed by atoms with van der Waals surface area (Å²) in [6.07, 6.45) is 10.9. The number of nitrogens with zero attached hydrogens (tertiary/aromatic N) is 1. The van der Waals surface area contributed by atoms with E-state index >= 15 is 0 Å². The minimum Gasteiger partial charge on any atom is -0.383 e. The van der Waals surface area contributed by atoms with Crippen LogP contribution < -0.4 is 5.32 Å². The second-order valence-electron chi connectivity index (χ2n) is 6.01. The number of hydrogen-bond acceptors (Lipinski definition) is 3. The van der Waals surface area contributed by atoms with Crippen LogP contribution in [0, 0.1) is 18.3 Å². The van der Waals surface area contributed by atoms with E-state index in [0.717, 1.165) is 25.7 Å². The van der Waals surface area contributed by atoms with Gasteiger partial charge < -0.3 is 15.0 Å². The predicted molar refractivity (Wildman–Crippen MR) is 79.4 cm³/mol. The van der Waals surface area contributed by atoms with E-state index in [-0.39, 0.29) is 24.2 Å². The molecule has 2 amide bonds. The van der Waals surface area contributed by atoms with E-state index in [1.54, 1.807) is 12.0 Å². The first kappa shape index (κ1) is 15.8. The quantitative estimate of drug-likeness (QED) is 0.767.